The summed E-state index contributed by atoms with van der Waals surface area (Å²) in [5.74, 6) is 0.425. The third kappa shape index (κ3) is 4.41. The van der Waals surface area contributed by atoms with Crippen molar-refractivity contribution in [1.82, 2.24) is 20.0 Å². The van der Waals surface area contributed by atoms with Crippen molar-refractivity contribution in [2.24, 2.45) is 0 Å². The molecule has 1 amide bonds. The largest absolute Gasteiger partial charge is 0.468 e. The van der Waals surface area contributed by atoms with Crippen LogP contribution in [0.5, 0.6) is 0 Å². The first-order valence-corrected chi connectivity index (χ1v) is 10.1. The maximum atomic E-state index is 13.1. The summed E-state index contributed by atoms with van der Waals surface area (Å²) in [6.45, 7) is 0.630. The minimum atomic E-state index is -0.337. The number of carbonyl (C=O) groups excluding carboxylic acids is 1. The average Bonchev–Trinajstić information content (AvgIpc) is 3.31. The van der Waals surface area contributed by atoms with Crippen molar-refractivity contribution < 1.29 is 9.21 Å². The second kappa shape index (κ2) is 8.97. The van der Waals surface area contributed by atoms with Gasteiger partial charge in [0.25, 0.3) is 11.5 Å². The number of carbonyl (C=O) groups is 1. The van der Waals surface area contributed by atoms with Crippen molar-refractivity contribution in [3.8, 4) is 0 Å². The maximum Gasteiger partial charge on any atom is 0.274 e. The van der Waals surface area contributed by atoms with Gasteiger partial charge in [0.1, 0.15) is 5.76 Å². The molecule has 4 rings (SSSR count). The van der Waals surface area contributed by atoms with E-state index in [4.69, 9.17) is 4.42 Å². The Morgan fingerprint density at radius 2 is 1.74 bits per heavy atom. The van der Waals surface area contributed by atoms with Crippen molar-refractivity contribution >= 4 is 16.7 Å². The minimum Gasteiger partial charge on any atom is -0.468 e. The van der Waals surface area contributed by atoms with E-state index < -0.39 is 0 Å². The molecule has 1 atom stereocenters. The molecule has 0 bridgehead atoms. The van der Waals surface area contributed by atoms with Crippen LogP contribution >= 0.6 is 0 Å². The van der Waals surface area contributed by atoms with Crippen LogP contribution in [0.4, 0.5) is 0 Å². The molecule has 1 N–H and O–H groups in total. The van der Waals surface area contributed by atoms with Gasteiger partial charge < -0.3 is 9.73 Å². The number of likely N-dealkylation sites (N-methyl/N-ethyl adjacent to an activating group) is 1. The molecule has 0 radical (unpaired) electrons. The minimum absolute atomic E-state index is 0.125. The summed E-state index contributed by atoms with van der Waals surface area (Å²) in [7, 11) is 3.85. The summed E-state index contributed by atoms with van der Waals surface area (Å²) in [5, 5.41) is 8.39. The Labute approximate surface area is 179 Å². The predicted octanol–water partition coefficient (Wildman–Crippen LogP) is 3.07. The first-order chi connectivity index (χ1) is 15.0. The standard InChI is InChI=1S/C24H24N4O3/c1-27(2)20(21-13-8-14-31-21)15-25-23(29)22-18-11-6-7-12-19(18)24(30)28(26-22)16-17-9-4-3-5-10-17/h3-14,20H,15-16H2,1-2H3,(H,25,29). The zero-order valence-electron chi connectivity index (χ0n) is 17.5. The highest BCUT2D eigenvalue weighted by Crippen LogP contribution is 2.18. The van der Waals surface area contributed by atoms with Crippen LogP contribution in [0, 0.1) is 0 Å². The first-order valence-electron chi connectivity index (χ1n) is 10.1. The summed E-state index contributed by atoms with van der Waals surface area (Å²) in [6, 6.07) is 20.2. The number of aromatic nitrogens is 2. The van der Waals surface area contributed by atoms with E-state index in [0.717, 1.165) is 11.3 Å². The van der Waals surface area contributed by atoms with Gasteiger partial charge in [-0.3, -0.25) is 14.5 Å². The number of nitrogens with zero attached hydrogens (tertiary/aromatic N) is 3. The van der Waals surface area contributed by atoms with Gasteiger partial charge in [-0.25, -0.2) is 4.68 Å². The van der Waals surface area contributed by atoms with Crippen molar-refractivity contribution in [1.29, 1.82) is 0 Å². The molecule has 2 aromatic carbocycles. The van der Waals surface area contributed by atoms with E-state index in [0.29, 0.717) is 17.3 Å². The molecular weight excluding hydrogens is 392 g/mol. The summed E-state index contributed by atoms with van der Waals surface area (Å²) in [4.78, 5) is 28.1. The van der Waals surface area contributed by atoms with Crippen LogP contribution < -0.4 is 10.9 Å². The first kappa shape index (κ1) is 20.6. The van der Waals surface area contributed by atoms with Gasteiger partial charge in [-0.15, -0.1) is 0 Å². The molecule has 4 aromatic rings. The van der Waals surface area contributed by atoms with Crippen molar-refractivity contribution in [2.75, 3.05) is 20.6 Å². The van der Waals surface area contributed by atoms with Gasteiger partial charge in [0.2, 0.25) is 0 Å². The molecule has 31 heavy (non-hydrogen) atoms. The molecular formula is C24H24N4O3. The molecule has 0 aliphatic heterocycles. The highest BCUT2D eigenvalue weighted by atomic mass is 16.3. The number of fused-ring (bicyclic) bond motifs is 1. The van der Waals surface area contributed by atoms with E-state index in [9.17, 15) is 9.59 Å². The summed E-state index contributed by atoms with van der Waals surface area (Å²) in [6.07, 6.45) is 1.61. The van der Waals surface area contributed by atoms with E-state index >= 15 is 0 Å². The van der Waals surface area contributed by atoms with Crippen LogP contribution in [0.1, 0.15) is 27.9 Å². The SMILES string of the molecule is CN(C)C(CNC(=O)c1nn(Cc2ccccc2)c(=O)c2ccccc12)c1ccco1. The highest BCUT2D eigenvalue weighted by molar-refractivity contribution is 6.04. The van der Waals surface area contributed by atoms with Crippen molar-refractivity contribution in [3.05, 3.63) is 100 Å². The Morgan fingerprint density at radius 3 is 2.42 bits per heavy atom. The van der Waals surface area contributed by atoms with Crippen LogP contribution in [0.25, 0.3) is 10.8 Å². The second-order valence-electron chi connectivity index (χ2n) is 7.55. The van der Waals surface area contributed by atoms with Gasteiger partial charge in [0.05, 0.1) is 24.2 Å². The van der Waals surface area contributed by atoms with Crippen LogP contribution in [-0.4, -0.2) is 41.2 Å². The summed E-state index contributed by atoms with van der Waals surface area (Å²) < 4.78 is 6.86. The molecule has 0 aliphatic rings. The Balaban J connectivity index is 1.66. The predicted molar refractivity (Wildman–Crippen MR) is 119 cm³/mol. The van der Waals surface area contributed by atoms with Crippen molar-refractivity contribution in [2.45, 2.75) is 12.6 Å². The molecule has 2 heterocycles. The average molecular weight is 416 g/mol. The number of nitrogens with one attached hydrogen (secondary N) is 1. The zero-order valence-corrected chi connectivity index (χ0v) is 17.5. The monoisotopic (exact) mass is 416 g/mol. The molecule has 0 aliphatic carbocycles. The molecule has 7 heteroatoms. The lowest BCUT2D eigenvalue weighted by Crippen LogP contribution is -2.36. The summed E-state index contributed by atoms with van der Waals surface area (Å²) in [5.41, 5.74) is 0.935. The van der Waals surface area contributed by atoms with E-state index in [2.05, 4.69) is 10.4 Å². The van der Waals surface area contributed by atoms with Gasteiger partial charge in [-0.1, -0.05) is 48.5 Å². The van der Waals surface area contributed by atoms with Crippen LogP contribution in [0.2, 0.25) is 0 Å². The molecule has 158 valence electrons. The number of hydrogen-bond acceptors (Lipinski definition) is 5. The molecule has 0 saturated heterocycles. The molecule has 2 aromatic heterocycles. The molecule has 0 saturated carbocycles. The Morgan fingerprint density at radius 1 is 1.03 bits per heavy atom. The third-order valence-electron chi connectivity index (χ3n) is 5.21. The van der Waals surface area contributed by atoms with Gasteiger partial charge in [-0.05, 0) is 37.9 Å². The maximum absolute atomic E-state index is 13.1. The lowest BCUT2D eigenvalue weighted by atomic mass is 10.1. The van der Waals surface area contributed by atoms with Gasteiger partial charge in [0.15, 0.2) is 5.69 Å². The Hall–Kier alpha value is -3.71. The second-order valence-corrected chi connectivity index (χ2v) is 7.55. The number of rotatable bonds is 7. The lowest BCUT2D eigenvalue weighted by molar-refractivity contribution is 0.0933. The quantitative estimate of drug-likeness (QED) is 0.501. The zero-order chi connectivity index (χ0) is 21.8. The summed E-state index contributed by atoms with van der Waals surface area (Å²) >= 11 is 0. The van der Waals surface area contributed by atoms with Crippen LogP contribution in [-0.2, 0) is 6.54 Å². The van der Waals surface area contributed by atoms with E-state index in [1.54, 1.807) is 30.5 Å². The number of furan rings is 1. The normalized spacial score (nSPS) is 12.2. The van der Waals surface area contributed by atoms with Gasteiger partial charge in [-0.2, -0.15) is 5.10 Å². The molecule has 7 nitrogen and oxygen atoms in total. The molecule has 0 fully saturated rings. The lowest BCUT2D eigenvalue weighted by Gasteiger charge is -2.22. The number of benzene rings is 2. The smallest absolute Gasteiger partial charge is 0.274 e. The molecule has 1 unspecified atom stereocenters. The third-order valence-corrected chi connectivity index (χ3v) is 5.21. The van der Waals surface area contributed by atoms with Crippen molar-refractivity contribution in [3.63, 3.8) is 0 Å². The van der Waals surface area contributed by atoms with Crippen LogP contribution in [0.3, 0.4) is 0 Å². The van der Waals surface area contributed by atoms with Gasteiger partial charge >= 0.3 is 0 Å². The fourth-order valence-electron chi connectivity index (χ4n) is 3.56. The van der Waals surface area contributed by atoms with E-state index in [1.807, 2.05) is 61.5 Å². The van der Waals surface area contributed by atoms with E-state index in [1.165, 1.54) is 4.68 Å². The van der Waals surface area contributed by atoms with Crippen LogP contribution in [0.15, 0.2) is 82.2 Å². The Kier molecular flexibility index (Phi) is 5.95. The fourth-order valence-corrected chi connectivity index (χ4v) is 3.56. The van der Waals surface area contributed by atoms with E-state index in [-0.39, 0.29) is 29.7 Å². The number of hydrogen-bond donors (Lipinski definition) is 1. The highest BCUT2D eigenvalue weighted by Gasteiger charge is 2.21. The Bertz CT molecular complexity index is 1230. The van der Waals surface area contributed by atoms with Gasteiger partial charge in [0, 0.05) is 11.9 Å². The number of amides is 1. The molecule has 0 spiro atoms. The topological polar surface area (TPSA) is 80.4 Å². The fraction of sp³-hybridized carbons (Fsp3) is 0.208.